The molecule has 2 aromatic carbocycles. The molecule has 5 nitrogen and oxygen atoms in total. The van der Waals surface area contributed by atoms with Gasteiger partial charge < -0.3 is 4.42 Å². The van der Waals surface area contributed by atoms with Gasteiger partial charge in [-0.05, 0) is 60.7 Å². The average molecular weight is 342 g/mol. The molecule has 0 aliphatic carbocycles. The third-order valence-electron chi connectivity index (χ3n) is 3.26. The lowest BCUT2D eigenvalue weighted by atomic mass is 10.2. The summed E-state index contributed by atoms with van der Waals surface area (Å²) in [6.45, 7) is 0. The van der Waals surface area contributed by atoms with Gasteiger partial charge in [-0.3, -0.25) is 4.72 Å². The Bertz CT molecular complexity index is 1000. The van der Waals surface area contributed by atoms with E-state index in [1.54, 1.807) is 18.2 Å². The summed E-state index contributed by atoms with van der Waals surface area (Å²) < 4.78 is 45.2. The topological polar surface area (TPSA) is 83.1 Å². The molecule has 24 heavy (non-hydrogen) atoms. The minimum atomic E-state index is -3.78. The van der Waals surface area contributed by atoms with E-state index in [2.05, 4.69) is 4.72 Å². The van der Waals surface area contributed by atoms with Gasteiger partial charge in [0, 0.05) is 11.3 Å². The maximum Gasteiger partial charge on any atom is 0.261 e. The van der Waals surface area contributed by atoms with E-state index in [1.807, 2.05) is 6.07 Å². The molecule has 0 aliphatic heterocycles. The molecule has 3 aromatic rings. The first-order chi connectivity index (χ1) is 11.5. The molecule has 0 saturated heterocycles. The standard InChI is InChI=1S/C17H11FN2O3S/c18-13-3-5-14(6-4-13)20-24(21,22)16-8-1-12(2-9-16)17-10-7-15(11-19)23-17/h1-10,20H. The van der Waals surface area contributed by atoms with Crippen molar-refractivity contribution in [1.29, 1.82) is 5.26 Å². The van der Waals surface area contributed by atoms with Crippen LogP contribution in [0.2, 0.25) is 0 Å². The van der Waals surface area contributed by atoms with Crippen LogP contribution >= 0.6 is 0 Å². The van der Waals surface area contributed by atoms with E-state index in [0.717, 1.165) is 0 Å². The van der Waals surface area contributed by atoms with E-state index in [4.69, 9.17) is 9.68 Å². The maximum absolute atomic E-state index is 12.9. The van der Waals surface area contributed by atoms with Gasteiger partial charge in [0.05, 0.1) is 4.90 Å². The van der Waals surface area contributed by atoms with Crippen molar-refractivity contribution in [3.8, 4) is 17.4 Å². The Kier molecular flexibility index (Phi) is 4.06. The normalized spacial score (nSPS) is 11.0. The minimum absolute atomic E-state index is 0.0580. The Morgan fingerprint density at radius 1 is 0.958 bits per heavy atom. The lowest BCUT2D eigenvalue weighted by molar-refractivity contribution is 0.567. The number of hydrogen-bond acceptors (Lipinski definition) is 4. The Morgan fingerprint density at radius 2 is 1.62 bits per heavy atom. The molecule has 7 heteroatoms. The predicted molar refractivity (Wildman–Crippen MR) is 86.1 cm³/mol. The largest absolute Gasteiger partial charge is 0.446 e. The van der Waals surface area contributed by atoms with E-state index >= 15 is 0 Å². The number of anilines is 1. The van der Waals surface area contributed by atoms with Crippen LogP contribution in [0.25, 0.3) is 11.3 Å². The summed E-state index contributed by atoms with van der Waals surface area (Å²) in [5.41, 5.74) is 0.919. The molecule has 0 radical (unpaired) electrons. The molecule has 0 atom stereocenters. The third-order valence-corrected chi connectivity index (χ3v) is 4.66. The summed E-state index contributed by atoms with van der Waals surface area (Å²) in [5.74, 6) is 0.208. The molecule has 0 spiro atoms. The fourth-order valence-electron chi connectivity index (χ4n) is 2.08. The highest BCUT2D eigenvalue weighted by Gasteiger charge is 2.15. The molecular formula is C17H11FN2O3S. The molecule has 1 N–H and O–H groups in total. The maximum atomic E-state index is 12.9. The Labute approximate surface area is 138 Å². The highest BCUT2D eigenvalue weighted by molar-refractivity contribution is 7.92. The second-order valence-corrected chi connectivity index (χ2v) is 6.59. The van der Waals surface area contributed by atoms with Gasteiger partial charge in [0.15, 0.2) is 0 Å². The molecule has 3 rings (SSSR count). The molecule has 0 fully saturated rings. The summed E-state index contributed by atoms with van der Waals surface area (Å²) in [7, 11) is -3.78. The number of benzene rings is 2. The molecular weight excluding hydrogens is 331 g/mol. The van der Waals surface area contributed by atoms with Crippen molar-refractivity contribution in [3.63, 3.8) is 0 Å². The van der Waals surface area contributed by atoms with Crippen LogP contribution < -0.4 is 4.72 Å². The smallest absolute Gasteiger partial charge is 0.261 e. The summed E-state index contributed by atoms with van der Waals surface area (Å²) in [6.07, 6.45) is 0. The molecule has 0 aliphatic rings. The van der Waals surface area contributed by atoms with Crippen molar-refractivity contribution < 1.29 is 17.2 Å². The van der Waals surface area contributed by atoms with Gasteiger partial charge in [0.1, 0.15) is 17.6 Å². The first-order valence-electron chi connectivity index (χ1n) is 6.87. The summed E-state index contributed by atoms with van der Waals surface area (Å²) in [6, 6.07) is 16.1. The predicted octanol–water partition coefficient (Wildman–Crippen LogP) is 3.76. The molecule has 0 unspecified atom stereocenters. The monoisotopic (exact) mass is 342 g/mol. The Balaban J connectivity index is 1.84. The zero-order valence-electron chi connectivity index (χ0n) is 12.2. The molecule has 1 aromatic heterocycles. The molecule has 0 bridgehead atoms. The first-order valence-corrected chi connectivity index (χ1v) is 8.35. The van der Waals surface area contributed by atoms with Crippen molar-refractivity contribution >= 4 is 15.7 Å². The first kappa shape index (κ1) is 15.8. The van der Waals surface area contributed by atoms with Gasteiger partial charge in [-0.15, -0.1) is 0 Å². The third kappa shape index (κ3) is 3.29. The Morgan fingerprint density at radius 3 is 2.21 bits per heavy atom. The number of sulfonamides is 1. The summed E-state index contributed by atoms with van der Waals surface area (Å²) >= 11 is 0. The van der Waals surface area contributed by atoms with Crippen molar-refractivity contribution in [2.24, 2.45) is 0 Å². The number of nitrogens with one attached hydrogen (secondary N) is 1. The lowest BCUT2D eigenvalue weighted by Gasteiger charge is -2.08. The van der Waals surface area contributed by atoms with Gasteiger partial charge in [0.25, 0.3) is 10.0 Å². The highest BCUT2D eigenvalue weighted by atomic mass is 32.2. The van der Waals surface area contributed by atoms with Gasteiger partial charge >= 0.3 is 0 Å². The summed E-state index contributed by atoms with van der Waals surface area (Å²) in [5, 5.41) is 8.75. The van der Waals surface area contributed by atoms with Gasteiger partial charge in [0.2, 0.25) is 5.76 Å². The van der Waals surface area contributed by atoms with Crippen LogP contribution in [0.1, 0.15) is 5.76 Å². The number of rotatable bonds is 4. The molecule has 0 amide bonds. The molecule has 1 heterocycles. The average Bonchev–Trinajstić information content (AvgIpc) is 3.06. The highest BCUT2D eigenvalue weighted by Crippen LogP contribution is 2.24. The number of furan rings is 1. The minimum Gasteiger partial charge on any atom is -0.446 e. The Hall–Kier alpha value is -3.11. The van der Waals surface area contributed by atoms with Crippen molar-refractivity contribution in [2.75, 3.05) is 4.72 Å². The number of hydrogen-bond donors (Lipinski definition) is 1. The fourth-order valence-corrected chi connectivity index (χ4v) is 3.14. The fraction of sp³-hybridized carbons (Fsp3) is 0. The van der Waals surface area contributed by atoms with Crippen LogP contribution in [0.4, 0.5) is 10.1 Å². The summed E-state index contributed by atoms with van der Waals surface area (Å²) in [4.78, 5) is 0.0580. The van der Waals surface area contributed by atoms with Crippen LogP contribution in [-0.4, -0.2) is 8.42 Å². The zero-order chi connectivity index (χ0) is 17.2. The number of halogens is 1. The van der Waals surface area contributed by atoms with Gasteiger partial charge in [-0.1, -0.05) is 0 Å². The molecule has 120 valence electrons. The van der Waals surface area contributed by atoms with Crippen LogP contribution in [0.15, 0.2) is 70.0 Å². The van der Waals surface area contributed by atoms with Crippen LogP contribution in [0, 0.1) is 17.1 Å². The van der Waals surface area contributed by atoms with E-state index < -0.39 is 15.8 Å². The van der Waals surface area contributed by atoms with E-state index in [0.29, 0.717) is 11.3 Å². The number of nitrogens with zero attached hydrogens (tertiary/aromatic N) is 1. The van der Waals surface area contributed by atoms with Crippen molar-refractivity contribution in [2.45, 2.75) is 4.90 Å². The molecule has 0 saturated carbocycles. The SMILES string of the molecule is N#Cc1ccc(-c2ccc(S(=O)(=O)Nc3ccc(F)cc3)cc2)o1. The van der Waals surface area contributed by atoms with Gasteiger partial charge in [-0.25, -0.2) is 12.8 Å². The van der Waals surface area contributed by atoms with Crippen LogP contribution in [0.3, 0.4) is 0 Å². The van der Waals surface area contributed by atoms with E-state index in [1.165, 1.54) is 42.5 Å². The van der Waals surface area contributed by atoms with E-state index in [9.17, 15) is 12.8 Å². The number of nitriles is 1. The lowest BCUT2D eigenvalue weighted by Crippen LogP contribution is -2.12. The quantitative estimate of drug-likeness (QED) is 0.782. The van der Waals surface area contributed by atoms with Crippen LogP contribution in [0.5, 0.6) is 0 Å². The van der Waals surface area contributed by atoms with Gasteiger partial charge in [-0.2, -0.15) is 5.26 Å². The second-order valence-electron chi connectivity index (χ2n) is 4.91. The van der Waals surface area contributed by atoms with Crippen LogP contribution in [-0.2, 0) is 10.0 Å². The van der Waals surface area contributed by atoms with E-state index in [-0.39, 0.29) is 16.3 Å². The zero-order valence-corrected chi connectivity index (χ0v) is 13.0. The second kappa shape index (κ2) is 6.18. The van der Waals surface area contributed by atoms with Crippen molar-refractivity contribution in [1.82, 2.24) is 0 Å². The van der Waals surface area contributed by atoms with Crippen molar-refractivity contribution in [3.05, 3.63) is 72.2 Å².